The SMILES string of the molecule is CCCC1CCC(C(N)c2cc(Cl)cnc2N)CC1. The fraction of sp³-hybridized carbons (Fsp3) is 0.667. The summed E-state index contributed by atoms with van der Waals surface area (Å²) in [5.41, 5.74) is 13.2. The van der Waals surface area contributed by atoms with Gasteiger partial charge in [-0.3, -0.25) is 0 Å². The molecule has 4 heteroatoms. The number of nitrogen functional groups attached to an aromatic ring is 1. The van der Waals surface area contributed by atoms with Gasteiger partial charge in [-0.15, -0.1) is 0 Å². The number of aromatic nitrogens is 1. The summed E-state index contributed by atoms with van der Waals surface area (Å²) in [5.74, 6) is 1.92. The number of nitrogens with zero attached hydrogens (tertiary/aromatic N) is 1. The van der Waals surface area contributed by atoms with E-state index < -0.39 is 0 Å². The first kappa shape index (κ1) is 14.6. The van der Waals surface area contributed by atoms with Crippen molar-refractivity contribution in [2.24, 2.45) is 17.6 Å². The van der Waals surface area contributed by atoms with Crippen molar-refractivity contribution in [3.8, 4) is 0 Å². The highest BCUT2D eigenvalue weighted by atomic mass is 35.5. The molecule has 3 nitrogen and oxygen atoms in total. The van der Waals surface area contributed by atoms with Gasteiger partial charge in [-0.05, 0) is 30.7 Å². The number of pyridine rings is 1. The quantitative estimate of drug-likeness (QED) is 0.879. The normalized spacial score (nSPS) is 25.2. The molecule has 2 rings (SSSR count). The largest absolute Gasteiger partial charge is 0.383 e. The van der Waals surface area contributed by atoms with Crippen LogP contribution < -0.4 is 11.5 Å². The third kappa shape index (κ3) is 3.61. The van der Waals surface area contributed by atoms with Crippen molar-refractivity contribution in [3.05, 3.63) is 22.8 Å². The van der Waals surface area contributed by atoms with Crippen molar-refractivity contribution in [2.75, 3.05) is 5.73 Å². The average Bonchev–Trinajstić information content (AvgIpc) is 2.42. The highest BCUT2D eigenvalue weighted by Crippen LogP contribution is 2.38. The van der Waals surface area contributed by atoms with Gasteiger partial charge in [-0.25, -0.2) is 4.98 Å². The lowest BCUT2D eigenvalue weighted by atomic mass is 9.76. The molecule has 1 fully saturated rings. The second kappa shape index (κ2) is 6.58. The van der Waals surface area contributed by atoms with E-state index in [4.69, 9.17) is 23.1 Å². The number of rotatable bonds is 4. The maximum atomic E-state index is 6.38. The molecule has 1 atom stereocenters. The molecule has 0 spiro atoms. The van der Waals surface area contributed by atoms with Gasteiger partial charge in [-0.2, -0.15) is 0 Å². The summed E-state index contributed by atoms with van der Waals surface area (Å²) in [4.78, 5) is 4.10. The number of halogens is 1. The zero-order valence-electron chi connectivity index (χ0n) is 11.6. The second-order valence-electron chi connectivity index (χ2n) is 5.72. The van der Waals surface area contributed by atoms with E-state index in [1.165, 1.54) is 38.5 Å². The Kier molecular flexibility index (Phi) is 5.06. The van der Waals surface area contributed by atoms with Crippen LogP contribution in [0.4, 0.5) is 5.82 Å². The van der Waals surface area contributed by atoms with Crippen LogP contribution >= 0.6 is 11.6 Å². The molecule has 0 bridgehead atoms. The van der Waals surface area contributed by atoms with E-state index in [9.17, 15) is 0 Å². The molecule has 1 saturated carbocycles. The lowest BCUT2D eigenvalue weighted by Crippen LogP contribution is -2.27. The predicted octanol–water partition coefficient (Wildman–Crippen LogP) is 3.92. The predicted molar refractivity (Wildman–Crippen MR) is 80.9 cm³/mol. The number of hydrogen-bond acceptors (Lipinski definition) is 3. The summed E-state index contributed by atoms with van der Waals surface area (Å²) in [6.07, 6.45) is 9.18. The van der Waals surface area contributed by atoms with Gasteiger partial charge in [-0.1, -0.05) is 44.2 Å². The standard InChI is InChI=1S/C15H24ClN3/c1-2-3-10-4-6-11(7-5-10)14(17)13-8-12(16)9-19-15(13)18/h8-11,14H,2-7,17H2,1H3,(H2,18,19). The van der Waals surface area contributed by atoms with Crippen molar-refractivity contribution in [2.45, 2.75) is 51.5 Å². The van der Waals surface area contributed by atoms with Crippen LogP contribution in [-0.4, -0.2) is 4.98 Å². The van der Waals surface area contributed by atoms with Crippen LogP contribution in [0.3, 0.4) is 0 Å². The van der Waals surface area contributed by atoms with Crippen molar-refractivity contribution in [3.63, 3.8) is 0 Å². The smallest absolute Gasteiger partial charge is 0.128 e. The Morgan fingerprint density at radius 1 is 1.37 bits per heavy atom. The molecule has 0 amide bonds. The Morgan fingerprint density at radius 2 is 2.05 bits per heavy atom. The van der Waals surface area contributed by atoms with Gasteiger partial charge < -0.3 is 11.5 Å². The third-order valence-corrected chi connectivity index (χ3v) is 4.58. The summed E-state index contributed by atoms with van der Waals surface area (Å²) in [7, 11) is 0. The molecule has 0 aliphatic heterocycles. The van der Waals surface area contributed by atoms with Crippen LogP contribution in [0.1, 0.15) is 57.1 Å². The minimum absolute atomic E-state index is 0.0335. The van der Waals surface area contributed by atoms with Gasteiger partial charge in [0.1, 0.15) is 5.82 Å². The van der Waals surface area contributed by atoms with E-state index in [1.54, 1.807) is 6.20 Å². The maximum Gasteiger partial charge on any atom is 0.128 e. The Hall–Kier alpha value is -0.800. The minimum Gasteiger partial charge on any atom is -0.383 e. The minimum atomic E-state index is -0.0335. The lowest BCUT2D eigenvalue weighted by Gasteiger charge is -2.32. The Labute approximate surface area is 120 Å². The van der Waals surface area contributed by atoms with Gasteiger partial charge >= 0.3 is 0 Å². The van der Waals surface area contributed by atoms with E-state index in [0.29, 0.717) is 16.8 Å². The number of hydrogen-bond donors (Lipinski definition) is 2. The Morgan fingerprint density at radius 3 is 2.68 bits per heavy atom. The Balaban J connectivity index is 2.01. The van der Waals surface area contributed by atoms with Crippen molar-refractivity contribution in [1.29, 1.82) is 0 Å². The summed E-state index contributed by atoms with van der Waals surface area (Å²) in [6, 6.07) is 1.83. The topological polar surface area (TPSA) is 64.9 Å². The summed E-state index contributed by atoms with van der Waals surface area (Å²) in [5, 5.41) is 0.610. The van der Waals surface area contributed by atoms with Crippen LogP contribution in [-0.2, 0) is 0 Å². The lowest BCUT2D eigenvalue weighted by molar-refractivity contribution is 0.234. The zero-order valence-corrected chi connectivity index (χ0v) is 12.4. The fourth-order valence-electron chi connectivity index (χ4n) is 3.23. The van der Waals surface area contributed by atoms with Gasteiger partial charge in [0, 0.05) is 17.8 Å². The molecule has 19 heavy (non-hydrogen) atoms. The molecule has 1 aromatic heterocycles. The molecule has 1 aliphatic carbocycles. The summed E-state index contributed by atoms with van der Waals surface area (Å²) >= 11 is 5.99. The molecule has 106 valence electrons. The number of anilines is 1. The first-order valence-corrected chi connectivity index (χ1v) is 7.66. The highest BCUT2D eigenvalue weighted by molar-refractivity contribution is 6.30. The first-order chi connectivity index (χ1) is 9.11. The van der Waals surface area contributed by atoms with Crippen molar-refractivity contribution in [1.82, 2.24) is 4.98 Å². The third-order valence-electron chi connectivity index (χ3n) is 4.37. The van der Waals surface area contributed by atoms with Crippen molar-refractivity contribution >= 4 is 17.4 Å². The molecule has 1 aliphatic rings. The molecular formula is C15H24ClN3. The molecule has 0 saturated heterocycles. The van der Waals surface area contributed by atoms with Crippen LogP contribution in [0.25, 0.3) is 0 Å². The van der Waals surface area contributed by atoms with Crippen LogP contribution in [0.2, 0.25) is 5.02 Å². The van der Waals surface area contributed by atoms with E-state index >= 15 is 0 Å². The Bertz CT molecular complexity index is 414. The average molecular weight is 282 g/mol. The van der Waals surface area contributed by atoms with E-state index in [1.807, 2.05) is 6.07 Å². The van der Waals surface area contributed by atoms with Gasteiger partial charge in [0.25, 0.3) is 0 Å². The summed E-state index contributed by atoms with van der Waals surface area (Å²) in [6.45, 7) is 2.26. The van der Waals surface area contributed by atoms with Crippen LogP contribution in [0.5, 0.6) is 0 Å². The van der Waals surface area contributed by atoms with E-state index in [-0.39, 0.29) is 6.04 Å². The molecule has 0 radical (unpaired) electrons. The number of nitrogens with two attached hydrogens (primary N) is 2. The van der Waals surface area contributed by atoms with E-state index in [0.717, 1.165) is 11.5 Å². The van der Waals surface area contributed by atoms with Crippen LogP contribution in [0, 0.1) is 11.8 Å². The molecule has 1 aromatic rings. The molecule has 1 unspecified atom stereocenters. The molecule has 4 N–H and O–H groups in total. The monoisotopic (exact) mass is 281 g/mol. The maximum absolute atomic E-state index is 6.38. The van der Waals surface area contributed by atoms with Gasteiger partial charge in [0.15, 0.2) is 0 Å². The van der Waals surface area contributed by atoms with E-state index in [2.05, 4.69) is 11.9 Å². The van der Waals surface area contributed by atoms with Crippen LogP contribution in [0.15, 0.2) is 12.3 Å². The first-order valence-electron chi connectivity index (χ1n) is 7.28. The highest BCUT2D eigenvalue weighted by Gasteiger charge is 2.27. The second-order valence-corrected chi connectivity index (χ2v) is 6.16. The fourth-order valence-corrected chi connectivity index (χ4v) is 3.40. The molecule has 1 heterocycles. The summed E-state index contributed by atoms with van der Waals surface area (Å²) < 4.78 is 0. The molecule has 0 aromatic carbocycles. The van der Waals surface area contributed by atoms with Crippen molar-refractivity contribution < 1.29 is 0 Å². The van der Waals surface area contributed by atoms with Gasteiger partial charge in [0.2, 0.25) is 0 Å². The van der Waals surface area contributed by atoms with Gasteiger partial charge in [0.05, 0.1) is 5.02 Å². The zero-order chi connectivity index (χ0) is 13.8. The molecular weight excluding hydrogens is 258 g/mol.